The van der Waals surface area contributed by atoms with Gasteiger partial charge < -0.3 is 14.6 Å². The molecule has 1 heterocycles. The summed E-state index contributed by atoms with van der Waals surface area (Å²) in [5, 5.41) is 8.79. The molecule has 1 aromatic carbocycles. The van der Waals surface area contributed by atoms with Gasteiger partial charge in [-0.05, 0) is 43.9 Å². The van der Waals surface area contributed by atoms with Crippen LogP contribution in [0, 0.1) is 5.82 Å². The summed E-state index contributed by atoms with van der Waals surface area (Å²) in [6.45, 7) is 0.311. The predicted octanol–water partition coefficient (Wildman–Crippen LogP) is 3.39. The third kappa shape index (κ3) is 3.02. The number of carboxylic acid groups (broad SMARTS) is 1. The third-order valence-corrected chi connectivity index (χ3v) is 4.46. The fourth-order valence-corrected chi connectivity index (χ4v) is 3.33. The molecule has 1 aliphatic heterocycles. The van der Waals surface area contributed by atoms with Gasteiger partial charge in [0.2, 0.25) is 0 Å². The maximum Gasteiger partial charge on any atom is 0.335 e. The molecule has 0 amide bonds. The van der Waals surface area contributed by atoms with E-state index < -0.39 is 11.8 Å². The van der Waals surface area contributed by atoms with Gasteiger partial charge in [0.05, 0.1) is 17.3 Å². The maximum atomic E-state index is 13.7. The van der Waals surface area contributed by atoms with Crippen molar-refractivity contribution >= 4 is 5.97 Å². The smallest absolute Gasteiger partial charge is 0.335 e. The molecule has 1 saturated heterocycles. The number of halogens is 1. The molecular formula is C16H19FO4. The quantitative estimate of drug-likeness (QED) is 0.924. The summed E-state index contributed by atoms with van der Waals surface area (Å²) in [7, 11) is 0. The Morgan fingerprint density at radius 2 is 2.14 bits per heavy atom. The minimum absolute atomic E-state index is 0.00153. The Morgan fingerprint density at radius 3 is 2.81 bits per heavy atom. The molecule has 0 bridgehead atoms. The Morgan fingerprint density at radius 1 is 1.38 bits per heavy atom. The van der Waals surface area contributed by atoms with Crippen LogP contribution in [-0.2, 0) is 4.74 Å². The van der Waals surface area contributed by atoms with Crippen molar-refractivity contribution < 1.29 is 23.8 Å². The van der Waals surface area contributed by atoms with Crippen molar-refractivity contribution in [2.24, 2.45) is 0 Å². The molecule has 1 atom stereocenters. The molecule has 21 heavy (non-hydrogen) atoms. The fraction of sp³-hybridized carbons (Fsp3) is 0.562. The minimum atomic E-state index is -1.15. The van der Waals surface area contributed by atoms with Gasteiger partial charge in [-0.1, -0.05) is 12.8 Å². The number of hydrogen-bond acceptors (Lipinski definition) is 3. The molecule has 1 saturated carbocycles. The number of carboxylic acids is 1. The van der Waals surface area contributed by atoms with Crippen molar-refractivity contribution in [1.29, 1.82) is 0 Å². The van der Waals surface area contributed by atoms with Crippen molar-refractivity contribution in [2.75, 3.05) is 6.61 Å². The Bertz CT molecular complexity index is 537. The minimum Gasteiger partial charge on any atom is -0.488 e. The van der Waals surface area contributed by atoms with Crippen LogP contribution in [0.15, 0.2) is 18.2 Å². The zero-order valence-corrected chi connectivity index (χ0v) is 11.8. The van der Waals surface area contributed by atoms with Crippen LogP contribution in [-0.4, -0.2) is 29.4 Å². The third-order valence-electron chi connectivity index (χ3n) is 4.46. The highest BCUT2D eigenvalue weighted by atomic mass is 19.1. The zero-order chi connectivity index (χ0) is 14.9. The van der Waals surface area contributed by atoms with E-state index in [0.717, 1.165) is 31.7 Å². The van der Waals surface area contributed by atoms with Gasteiger partial charge in [-0.3, -0.25) is 0 Å². The molecule has 5 heteroatoms. The first-order valence-corrected chi connectivity index (χ1v) is 7.41. The summed E-state index contributed by atoms with van der Waals surface area (Å²) >= 11 is 0. The first-order valence-electron chi connectivity index (χ1n) is 7.41. The normalized spacial score (nSPS) is 23.6. The average molecular weight is 294 g/mol. The van der Waals surface area contributed by atoms with Crippen LogP contribution in [0.3, 0.4) is 0 Å². The van der Waals surface area contributed by atoms with E-state index in [2.05, 4.69) is 0 Å². The van der Waals surface area contributed by atoms with Gasteiger partial charge in [0, 0.05) is 0 Å². The number of benzene rings is 1. The standard InChI is InChI=1S/C16H19FO4/c17-13-9-11(15(18)19)3-4-14(13)20-10-12-5-8-16(21-12)6-1-2-7-16/h3-4,9,12H,1-2,5-8,10H2,(H,18,19). The van der Waals surface area contributed by atoms with Gasteiger partial charge in [-0.15, -0.1) is 0 Å². The second-order valence-electron chi connectivity index (χ2n) is 5.93. The van der Waals surface area contributed by atoms with Crippen LogP contribution < -0.4 is 4.74 Å². The zero-order valence-electron chi connectivity index (χ0n) is 11.8. The molecule has 1 unspecified atom stereocenters. The number of hydrogen-bond donors (Lipinski definition) is 1. The Balaban J connectivity index is 1.57. The fourth-order valence-electron chi connectivity index (χ4n) is 3.33. The highest BCUT2D eigenvalue weighted by molar-refractivity contribution is 5.87. The van der Waals surface area contributed by atoms with E-state index in [0.29, 0.717) is 6.61 Å². The van der Waals surface area contributed by atoms with Gasteiger partial charge in [-0.2, -0.15) is 0 Å². The summed E-state index contributed by atoms with van der Waals surface area (Å²) in [6.07, 6.45) is 6.67. The summed E-state index contributed by atoms with van der Waals surface area (Å²) in [5.41, 5.74) is -0.0402. The molecular weight excluding hydrogens is 275 g/mol. The van der Waals surface area contributed by atoms with Crippen LogP contribution in [0.5, 0.6) is 5.75 Å². The molecule has 1 aromatic rings. The first-order chi connectivity index (χ1) is 10.1. The molecule has 1 aliphatic carbocycles. The highest BCUT2D eigenvalue weighted by Crippen LogP contribution is 2.43. The monoisotopic (exact) mass is 294 g/mol. The number of aromatic carboxylic acids is 1. The SMILES string of the molecule is O=C(O)c1ccc(OCC2CCC3(CCCC3)O2)c(F)c1. The second-order valence-corrected chi connectivity index (χ2v) is 5.93. The Hall–Kier alpha value is -1.62. The average Bonchev–Trinajstić information content (AvgIpc) is 3.08. The van der Waals surface area contributed by atoms with E-state index in [4.69, 9.17) is 14.6 Å². The van der Waals surface area contributed by atoms with E-state index in [1.54, 1.807) is 0 Å². The number of ether oxygens (including phenoxy) is 2. The van der Waals surface area contributed by atoms with E-state index in [-0.39, 0.29) is 23.0 Å². The lowest BCUT2D eigenvalue weighted by atomic mass is 9.98. The lowest BCUT2D eigenvalue weighted by molar-refractivity contribution is -0.0512. The van der Waals surface area contributed by atoms with E-state index >= 15 is 0 Å². The van der Waals surface area contributed by atoms with Gasteiger partial charge in [0.25, 0.3) is 0 Å². The van der Waals surface area contributed by atoms with Crippen LogP contribution in [0.4, 0.5) is 4.39 Å². The second kappa shape index (κ2) is 5.64. The lowest BCUT2D eigenvalue weighted by Crippen LogP contribution is -2.27. The molecule has 3 rings (SSSR count). The Labute approximate surface area is 122 Å². The summed E-state index contributed by atoms with van der Waals surface area (Å²) in [5.74, 6) is -1.72. The largest absolute Gasteiger partial charge is 0.488 e. The molecule has 4 nitrogen and oxygen atoms in total. The molecule has 1 N–H and O–H groups in total. The van der Waals surface area contributed by atoms with E-state index in [1.807, 2.05) is 0 Å². The van der Waals surface area contributed by atoms with Gasteiger partial charge >= 0.3 is 5.97 Å². The van der Waals surface area contributed by atoms with Crippen molar-refractivity contribution in [1.82, 2.24) is 0 Å². The molecule has 2 fully saturated rings. The predicted molar refractivity (Wildman–Crippen MR) is 74.2 cm³/mol. The van der Waals surface area contributed by atoms with Crippen LogP contribution >= 0.6 is 0 Å². The molecule has 0 aromatic heterocycles. The molecule has 114 valence electrons. The number of rotatable bonds is 4. The van der Waals surface area contributed by atoms with Crippen molar-refractivity contribution in [3.05, 3.63) is 29.6 Å². The summed E-state index contributed by atoms with van der Waals surface area (Å²) < 4.78 is 25.3. The lowest BCUT2D eigenvalue weighted by Gasteiger charge is -2.23. The first kappa shape index (κ1) is 14.3. The maximum absolute atomic E-state index is 13.7. The molecule has 1 spiro atoms. The van der Waals surface area contributed by atoms with Gasteiger partial charge in [-0.25, -0.2) is 9.18 Å². The summed E-state index contributed by atoms with van der Waals surface area (Å²) in [6, 6.07) is 3.68. The van der Waals surface area contributed by atoms with Crippen LogP contribution in [0.2, 0.25) is 0 Å². The summed E-state index contributed by atoms with van der Waals surface area (Å²) in [4.78, 5) is 10.7. The van der Waals surface area contributed by atoms with Crippen molar-refractivity contribution in [3.8, 4) is 5.75 Å². The van der Waals surface area contributed by atoms with Crippen molar-refractivity contribution in [3.63, 3.8) is 0 Å². The molecule has 0 radical (unpaired) electrons. The molecule has 2 aliphatic rings. The Kier molecular flexibility index (Phi) is 3.85. The highest BCUT2D eigenvalue weighted by Gasteiger charge is 2.42. The number of carbonyl (C=O) groups is 1. The topological polar surface area (TPSA) is 55.8 Å². The van der Waals surface area contributed by atoms with E-state index in [9.17, 15) is 9.18 Å². The van der Waals surface area contributed by atoms with E-state index in [1.165, 1.54) is 25.0 Å². The van der Waals surface area contributed by atoms with Gasteiger partial charge in [0.15, 0.2) is 11.6 Å². The van der Waals surface area contributed by atoms with Gasteiger partial charge in [0.1, 0.15) is 6.61 Å². The van der Waals surface area contributed by atoms with Crippen LogP contribution in [0.25, 0.3) is 0 Å². The van der Waals surface area contributed by atoms with Crippen molar-refractivity contribution in [2.45, 2.75) is 50.2 Å². The van der Waals surface area contributed by atoms with Crippen LogP contribution in [0.1, 0.15) is 48.9 Å².